The normalized spacial score (nSPS) is 11.2. The van der Waals surface area contributed by atoms with Crippen LogP contribution in [0.3, 0.4) is 0 Å². The molecule has 11 aromatic rings. The summed E-state index contributed by atoms with van der Waals surface area (Å²) in [4.78, 5) is 0. The van der Waals surface area contributed by atoms with Gasteiger partial charge < -0.3 is 4.57 Å². The number of benzene rings is 10. The van der Waals surface area contributed by atoms with E-state index in [2.05, 4.69) is 251 Å². The molecule has 0 aliphatic carbocycles. The first kappa shape index (κ1) is 40.3. The minimum absolute atomic E-state index is 1.17. The van der Waals surface area contributed by atoms with Crippen molar-refractivity contribution in [2.24, 2.45) is 0 Å². The molecule has 0 fully saturated rings. The van der Waals surface area contributed by atoms with Crippen LogP contribution < -0.4 is 0 Å². The molecule has 1 heteroatoms. The first-order valence-corrected chi connectivity index (χ1v) is 22.4. The average molecular weight is 822 g/mol. The fourth-order valence-corrected chi connectivity index (χ4v) is 9.14. The van der Waals surface area contributed by atoms with Crippen molar-refractivity contribution in [1.29, 1.82) is 0 Å². The second-order valence-electron chi connectivity index (χ2n) is 17.2. The molecule has 11 rings (SSSR count). The van der Waals surface area contributed by atoms with Crippen molar-refractivity contribution in [2.45, 2.75) is 34.6 Å². The zero-order valence-corrected chi connectivity index (χ0v) is 37.2. The molecule has 0 amide bonds. The molecule has 0 radical (unpaired) electrons. The lowest BCUT2D eigenvalue weighted by molar-refractivity contribution is 1.18. The Morgan fingerprint density at radius 3 is 1.22 bits per heavy atom. The number of allylic oxidation sites excluding steroid dienone is 2. The van der Waals surface area contributed by atoms with Crippen molar-refractivity contribution < 1.29 is 0 Å². The zero-order valence-electron chi connectivity index (χ0n) is 37.2. The van der Waals surface area contributed by atoms with Crippen molar-refractivity contribution in [3.05, 3.63) is 235 Å². The number of fused-ring (bicyclic) bond motifs is 5. The fourth-order valence-electron chi connectivity index (χ4n) is 9.14. The van der Waals surface area contributed by atoms with Crippen molar-refractivity contribution in [3.8, 4) is 61.3 Å². The predicted molar refractivity (Wildman–Crippen MR) is 278 cm³/mol. The van der Waals surface area contributed by atoms with Gasteiger partial charge in [-0.05, 0) is 154 Å². The molecule has 0 unspecified atom stereocenters. The lowest BCUT2D eigenvalue weighted by Gasteiger charge is -2.20. The largest absolute Gasteiger partial charge is 0.309 e. The van der Waals surface area contributed by atoms with Crippen molar-refractivity contribution >= 4 is 43.4 Å². The molecule has 64 heavy (non-hydrogen) atoms. The average Bonchev–Trinajstić information content (AvgIpc) is 3.68. The number of aromatic nitrogens is 1. The Hall–Kier alpha value is -7.74. The maximum atomic E-state index is 2.42. The number of rotatable bonds is 6. The molecule has 1 nitrogen and oxygen atoms in total. The van der Waals surface area contributed by atoms with Crippen LogP contribution in [0.1, 0.15) is 31.9 Å². The summed E-state index contributed by atoms with van der Waals surface area (Å²) < 4.78 is 2.38. The quantitative estimate of drug-likeness (QED) is 0.116. The molecule has 308 valence electrons. The Morgan fingerprint density at radius 2 is 0.703 bits per heavy atom. The monoisotopic (exact) mass is 821 g/mol. The van der Waals surface area contributed by atoms with E-state index in [1.165, 1.54) is 121 Å². The Kier molecular flexibility index (Phi) is 10.8. The second kappa shape index (κ2) is 17.2. The predicted octanol–water partition coefficient (Wildman–Crippen LogP) is 18.0. The topological polar surface area (TPSA) is 4.93 Å². The smallest absolute Gasteiger partial charge is 0.0541 e. The Balaban J connectivity index is 0.000000920. The van der Waals surface area contributed by atoms with Crippen LogP contribution in [0.15, 0.2) is 224 Å². The van der Waals surface area contributed by atoms with Crippen LogP contribution in [-0.4, -0.2) is 4.57 Å². The van der Waals surface area contributed by atoms with E-state index in [0.29, 0.717) is 0 Å². The lowest BCUT2D eigenvalue weighted by Crippen LogP contribution is -1.93. The van der Waals surface area contributed by atoms with Crippen molar-refractivity contribution in [3.63, 3.8) is 0 Å². The Bertz CT molecular complexity index is 3470. The third-order valence-corrected chi connectivity index (χ3v) is 12.7. The van der Waals surface area contributed by atoms with Gasteiger partial charge in [0.25, 0.3) is 0 Å². The lowest BCUT2D eigenvalue weighted by atomic mass is 9.83. The highest BCUT2D eigenvalue weighted by atomic mass is 15.0. The van der Waals surface area contributed by atoms with E-state index in [9.17, 15) is 0 Å². The first-order chi connectivity index (χ1) is 31.3. The SMILES string of the molecule is CC=C(C)C.Cc1ccc(-c2ccc3c(-c4ccc(-c5ccc6c(c5)c5ccccc5n6-c5ccccc5)cc4)c4cc(-c5ccc(C)cc5)ccc4c(-c4ccccc4)c3c2)cc1. The number of hydrogen-bond donors (Lipinski definition) is 0. The molecule has 0 aliphatic rings. The van der Waals surface area contributed by atoms with Gasteiger partial charge in [0.1, 0.15) is 0 Å². The third kappa shape index (κ3) is 7.61. The van der Waals surface area contributed by atoms with Gasteiger partial charge in [0.15, 0.2) is 0 Å². The van der Waals surface area contributed by atoms with Gasteiger partial charge in [0, 0.05) is 16.5 Å². The van der Waals surface area contributed by atoms with Crippen molar-refractivity contribution in [1.82, 2.24) is 4.57 Å². The van der Waals surface area contributed by atoms with Crippen LogP contribution >= 0.6 is 0 Å². The summed E-state index contributed by atoms with van der Waals surface area (Å²) in [6.07, 6.45) is 2.08. The minimum Gasteiger partial charge on any atom is -0.309 e. The van der Waals surface area contributed by atoms with Crippen LogP contribution in [0.25, 0.3) is 105 Å². The van der Waals surface area contributed by atoms with E-state index < -0.39 is 0 Å². The molecule has 0 saturated carbocycles. The van der Waals surface area contributed by atoms with E-state index in [-0.39, 0.29) is 0 Å². The zero-order chi connectivity index (χ0) is 43.7. The van der Waals surface area contributed by atoms with E-state index in [1.54, 1.807) is 0 Å². The van der Waals surface area contributed by atoms with Gasteiger partial charge in [0.05, 0.1) is 11.0 Å². The van der Waals surface area contributed by atoms with Gasteiger partial charge in [-0.15, -0.1) is 0 Å². The van der Waals surface area contributed by atoms with E-state index in [0.717, 1.165) is 0 Å². The number of nitrogens with zero attached hydrogens (tertiary/aromatic N) is 1. The van der Waals surface area contributed by atoms with Crippen molar-refractivity contribution in [2.75, 3.05) is 0 Å². The first-order valence-electron chi connectivity index (χ1n) is 22.4. The van der Waals surface area contributed by atoms with Crippen LogP contribution in [-0.2, 0) is 0 Å². The second-order valence-corrected chi connectivity index (χ2v) is 17.2. The molecule has 10 aromatic carbocycles. The molecule has 0 bridgehead atoms. The maximum Gasteiger partial charge on any atom is 0.0541 e. The molecular weight excluding hydrogens is 771 g/mol. The number of hydrogen-bond acceptors (Lipinski definition) is 0. The van der Waals surface area contributed by atoms with E-state index in [1.807, 2.05) is 6.92 Å². The maximum absolute atomic E-state index is 2.42. The van der Waals surface area contributed by atoms with E-state index in [4.69, 9.17) is 0 Å². The molecular formula is C63H51N. The standard InChI is InChI=1S/C58H41N.C5H10/c1-38-17-21-40(22-18-38)45-30-33-51-53(36-45)57(43-11-5-3-6-12-43)50-32-29-46(41-23-19-39(2)20-24-41)37-54(50)58(51)44-27-25-42(26-28-44)47-31-34-56-52(35-47)49-15-9-10-16-55(49)59(56)48-13-7-4-8-14-48;1-4-5(2)3/h3-37H,1-2H3;4H,1-3H3. The van der Waals surface area contributed by atoms with Gasteiger partial charge in [-0.1, -0.05) is 193 Å². The summed E-state index contributed by atoms with van der Waals surface area (Å²) in [5, 5.41) is 7.52. The number of aryl methyl sites for hydroxylation is 2. The highest BCUT2D eigenvalue weighted by Gasteiger charge is 2.19. The third-order valence-electron chi connectivity index (χ3n) is 12.7. The van der Waals surface area contributed by atoms with Crippen LogP contribution in [0.5, 0.6) is 0 Å². The summed E-state index contributed by atoms with van der Waals surface area (Å²) in [7, 11) is 0. The van der Waals surface area contributed by atoms with Gasteiger partial charge in [-0.3, -0.25) is 0 Å². The highest BCUT2D eigenvalue weighted by Crippen LogP contribution is 2.46. The summed E-state index contributed by atoms with van der Waals surface area (Å²) in [6, 6.07) is 78.5. The van der Waals surface area contributed by atoms with Crippen LogP contribution in [0, 0.1) is 13.8 Å². The summed E-state index contributed by atoms with van der Waals surface area (Å²) >= 11 is 0. The summed E-state index contributed by atoms with van der Waals surface area (Å²) in [5.74, 6) is 0. The fraction of sp³-hybridized carbons (Fsp3) is 0.0794. The minimum atomic E-state index is 1.17. The molecule has 0 atom stereocenters. The number of para-hydroxylation sites is 2. The van der Waals surface area contributed by atoms with Gasteiger partial charge in [-0.2, -0.15) is 0 Å². The highest BCUT2D eigenvalue weighted by molar-refractivity contribution is 6.22. The van der Waals surface area contributed by atoms with E-state index >= 15 is 0 Å². The van der Waals surface area contributed by atoms with Gasteiger partial charge in [0.2, 0.25) is 0 Å². The Labute approximate surface area is 377 Å². The molecule has 0 saturated heterocycles. The van der Waals surface area contributed by atoms with Gasteiger partial charge >= 0.3 is 0 Å². The molecule has 1 aromatic heterocycles. The van der Waals surface area contributed by atoms with Crippen LogP contribution in [0.4, 0.5) is 0 Å². The molecule has 0 N–H and O–H groups in total. The molecule has 0 spiro atoms. The molecule has 0 aliphatic heterocycles. The Morgan fingerprint density at radius 1 is 0.328 bits per heavy atom. The molecule has 1 heterocycles. The van der Waals surface area contributed by atoms with Gasteiger partial charge in [-0.25, -0.2) is 0 Å². The summed E-state index contributed by atoms with van der Waals surface area (Å²) in [6.45, 7) is 10.5. The van der Waals surface area contributed by atoms with Crippen LogP contribution in [0.2, 0.25) is 0 Å². The summed E-state index contributed by atoms with van der Waals surface area (Å²) in [5.41, 5.74) is 19.7.